The molecule has 6 heteroatoms. The van der Waals surface area contributed by atoms with Crippen LogP contribution in [-0.2, 0) is 4.79 Å². The van der Waals surface area contributed by atoms with Crippen molar-refractivity contribution in [2.24, 2.45) is 0 Å². The maximum atomic E-state index is 10.3. The standard InChI is InChI=1S/C11H12O6/c12-7(3-11(13)14)5-15-8-1-2-9-10(4-8)17-6-16-9/h1-2,4,7,12H,3,5-6H2,(H,13,14). The minimum Gasteiger partial charge on any atom is -0.491 e. The number of benzene rings is 1. The third kappa shape index (κ3) is 3.01. The first kappa shape index (κ1) is 11.5. The summed E-state index contributed by atoms with van der Waals surface area (Å²) in [5.74, 6) is 0.657. The number of aliphatic carboxylic acids is 1. The SMILES string of the molecule is O=C(O)CC(O)COc1ccc2c(c1)OCO2. The van der Waals surface area contributed by atoms with Gasteiger partial charge in [-0.3, -0.25) is 4.79 Å². The largest absolute Gasteiger partial charge is 0.491 e. The van der Waals surface area contributed by atoms with Crippen molar-refractivity contribution >= 4 is 5.97 Å². The van der Waals surface area contributed by atoms with Crippen molar-refractivity contribution in [1.29, 1.82) is 0 Å². The molecule has 2 rings (SSSR count). The van der Waals surface area contributed by atoms with Crippen LogP contribution in [0.1, 0.15) is 6.42 Å². The number of carboxylic acid groups (broad SMARTS) is 1. The summed E-state index contributed by atoms with van der Waals surface area (Å²) in [4.78, 5) is 10.3. The molecule has 0 aromatic heterocycles. The first-order valence-corrected chi connectivity index (χ1v) is 5.07. The van der Waals surface area contributed by atoms with E-state index in [1.807, 2.05) is 0 Å². The Morgan fingerprint density at radius 1 is 1.41 bits per heavy atom. The predicted octanol–water partition coefficient (Wildman–Crippen LogP) is 0.630. The normalized spacial score (nSPS) is 14.4. The average molecular weight is 240 g/mol. The Labute approximate surface area is 97.3 Å². The molecule has 0 radical (unpaired) electrons. The summed E-state index contributed by atoms with van der Waals surface area (Å²) >= 11 is 0. The van der Waals surface area contributed by atoms with Gasteiger partial charge >= 0.3 is 5.97 Å². The van der Waals surface area contributed by atoms with Gasteiger partial charge in [0.1, 0.15) is 12.4 Å². The number of aliphatic hydroxyl groups is 1. The molecule has 1 heterocycles. The van der Waals surface area contributed by atoms with E-state index in [2.05, 4.69) is 0 Å². The maximum Gasteiger partial charge on any atom is 0.306 e. The molecule has 0 fully saturated rings. The van der Waals surface area contributed by atoms with E-state index >= 15 is 0 Å². The summed E-state index contributed by atoms with van der Waals surface area (Å²) < 4.78 is 15.5. The fourth-order valence-corrected chi connectivity index (χ4v) is 1.42. The van der Waals surface area contributed by atoms with Crippen LogP contribution in [0.15, 0.2) is 18.2 Å². The zero-order chi connectivity index (χ0) is 12.3. The summed E-state index contributed by atoms with van der Waals surface area (Å²) in [5.41, 5.74) is 0. The van der Waals surface area contributed by atoms with Gasteiger partial charge < -0.3 is 24.4 Å². The number of ether oxygens (including phenoxy) is 3. The zero-order valence-corrected chi connectivity index (χ0v) is 8.96. The van der Waals surface area contributed by atoms with Crippen LogP contribution >= 0.6 is 0 Å². The number of hydrogen-bond donors (Lipinski definition) is 2. The van der Waals surface area contributed by atoms with E-state index in [9.17, 15) is 9.90 Å². The summed E-state index contributed by atoms with van der Waals surface area (Å²) in [5, 5.41) is 17.8. The van der Waals surface area contributed by atoms with Crippen LogP contribution in [0.25, 0.3) is 0 Å². The molecule has 1 atom stereocenters. The van der Waals surface area contributed by atoms with Gasteiger partial charge in [-0.1, -0.05) is 0 Å². The molecular weight excluding hydrogens is 228 g/mol. The lowest BCUT2D eigenvalue weighted by Gasteiger charge is -2.10. The zero-order valence-electron chi connectivity index (χ0n) is 8.96. The quantitative estimate of drug-likeness (QED) is 0.785. The summed E-state index contributed by atoms with van der Waals surface area (Å²) in [7, 11) is 0. The third-order valence-electron chi connectivity index (χ3n) is 2.20. The van der Waals surface area contributed by atoms with Crippen LogP contribution in [0.5, 0.6) is 17.2 Å². The number of rotatable bonds is 5. The lowest BCUT2D eigenvalue weighted by Crippen LogP contribution is -2.21. The Morgan fingerprint density at radius 2 is 2.18 bits per heavy atom. The van der Waals surface area contributed by atoms with Gasteiger partial charge in [-0.15, -0.1) is 0 Å². The summed E-state index contributed by atoms with van der Waals surface area (Å²) in [6.45, 7) is 0.104. The number of carbonyl (C=O) groups is 1. The molecule has 92 valence electrons. The highest BCUT2D eigenvalue weighted by Gasteiger charge is 2.15. The van der Waals surface area contributed by atoms with Gasteiger partial charge in [0.15, 0.2) is 11.5 Å². The van der Waals surface area contributed by atoms with Crippen LogP contribution in [0.2, 0.25) is 0 Å². The molecule has 0 saturated carbocycles. The number of aliphatic hydroxyl groups excluding tert-OH is 1. The molecule has 1 aliphatic rings. The fourth-order valence-electron chi connectivity index (χ4n) is 1.42. The van der Waals surface area contributed by atoms with E-state index < -0.39 is 12.1 Å². The van der Waals surface area contributed by atoms with E-state index in [0.29, 0.717) is 17.2 Å². The van der Waals surface area contributed by atoms with E-state index in [1.165, 1.54) is 0 Å². The second kappa shape index (κ2) is 4.92. The van der Waals surface area contributed by atoms with E-state index in [-0.39, 0.29) is 19.8 Å². The van der Waals surface area contributed by atoms with Crippen molar-refractivity contribution in [1.82, 2.24) is 0 Å². The Bertz CT molecular complexity index is 416. The van der Waals surface area contributed by atoms with E-state index in [1.54, 1.807) is 18.2 Å². The number of carboxylic acids is 1. The molecule has 1 aromatic rings. The number of hydrogen-bond acceptors (Lipinski definition) is 5. The molecule has 1 unspecified atom stereocenters. The molecule has 0 bridgehead atoms. The Balaban J connectivity index is 1.89. The van der Waals surface area contributed by atoms with Gasteiger partial charge in [0, 0.05) is 6.07 Å². The second-order valence-electron chi connectivity index (χ2n) is 3.58. The Hall–Kier alpha value is -1.95. The molecule has 0 aliphatic carbocycles. The molecule has 0 saturated heterocycles. The highest BCUT2D eigenvalue weighted by atomic mass is 16.7. The van der Waals surface area contributed by atoms with Crippen LogP contribution < -0.4 is 14.2 Å². The van der Waals surface area contributed by atoms with Crippen LogP contribution in [-0.4, -0.2) is 35.7 Å². The van der Waals surface area contributed by atoms with Gasteiger partial charge in [0.05, 0.1) is 12.5 Å². The molecule has 1 aromatic carbocycles. The van der Waals surface area contributed by atoms with Crippen molar-refractivity contribution in [3.63, 3.8) is 0 Å². The summed E-state index contributed by atoms with van der Waals surface area (Å²) in [6.07, 6.45) is -1.37. The van der Waals surface area contributed by atoms with Crippen molar-refractivity contribution in [2.45, 2.75) is 12.5 Å². The highest BCUT2D eigenvalue weighted by molar-refractivity contribution is 5.67. The monoisotopic (exact) mass is 240 g/mol. The predicted molar refractivity (Wildman–Crippen MR) is 56.3 cm³/mol. The Morgan fingerprint density at radius 3 is 2.94 bits per heavy atom. The van der Waals surface area contributed by atoms with Gasteiger partial charge in [-0.25, -0.2) is 0 Å². The first-order valence-electron chi connectivity index (χ1n) is 5.07. The second-order valence-corrected chi connectivity index (χ2v) is 3.58. The molecule has 1 aliphatic heterocycles. The molecule has 2 N–H and O–H groups in total. The molecule has 0 spiro atoms. The smallest absolute Gasteiger partial charge is 0.306 e. The Kier molecular flexibility index (Phi) is 3.34. The van der Waals surface area contributed by atoms with E-state index in [4.69, 9.17) is 19.3 Å². The maximum absolute atomic E-state index is 10.3. The van der Waals surface area contributed by atoms with Crippen molar-refractivity contribution in [2.75, 3.05) is 13.4 Å². The van der Waals surface area contributed by atoms with Crippen molar-refractivity contribution in [3.05, 3.63) is 18.2 Å². The van der Waals surface area contributed by atoms with Crippen LogP contribution in [0.4, 0.5) is 0 Å². The molecule has 6 nitrogen and oxygen atoms in total. The van der Waals surface area contributed by atoms with Gasteiger partial charge in [0.25, 0.3) is 0 Å². The third-order valence-corrected chi connectivity index (χ3v) is 2.20. The minimum atomic E-state index is -1.06. The minimum absolute atomic E-state index is 0.0774. The van der Waals surface area contributed by atoms with Crippen LogP contribution in [0, 0.1) is 0 Å². The van der Waals surface area contributed by atoms with Gasteiger partial charge in [0.2, 0.25) is 6.79 Å². The lowest BCUT2D eigenvalue weighted by molar-refractivity contribution is -0.139. The van der Waals surface area contributed by atoms with Crippen molar-refractivity contribution in [3.8, 4) is 17.2 Å². The average Bonchev–Trinajstić information content (AvgIpc) is 2.72. The summed E-state index contributed by atoms with van der Waals surface area (Å²) in [6, 6.07) is 5.00. The van der Waals surface area contributed by atoms with Gasteiger partial charge in [-0.2, -0.15) is 0 Å². The lowest BCUT2D eigenvalue weighted by atomic mass is 10.2. The van der Waals surface area contributed by atoms with E-state index in [0.717, 1.165) is 0 Å². The van der Waals surface area contributed by atoms with Gasteiger partial charge in [-0.05, 0) is 12.1 Å². The molecule has 17 heavy (non-hydrogen) atoms. The topological polar surface area (TPSA) is 85.2 Å². The first-order chi connectivity index (χ1) is 8.15. The van der Waals surface area contributed by atoms with Crippen molar-refractivity contribution < 1.29 is 29.2 Å². The highest BCUT2D eigenvalue weighted by Crippen LogP contribution is 2.35. The number of fused-ring (bicyclic) bond motifs is 1. The molecule has 0 amide bonds. The fraction of sp³-hybridized carbons (Fsp3) is 0.364. The van der Waals surface area contributed by atoms with Crippen LogP contribution in [0.3, 0.4) is 0 Å². The molecular formula is C11H12O6.